The molecule has 1 aliphatic heterocycles. The summed E-state index contributed by atoms with van der Waals surface area (Å²) in [5.41, 5.74) is 1.19. The number of rotatable bonds is 10. The molecule has 0 saturated heterocycles. The highest BCUT2D eigenvalue weighted by Crippen LogP contribution is 2.22. The maximum atomic E-state index is 5.63. The first-order chi connectivity index (χ1) is 8.88. The smallest absolute Gasteiger partial charge is 0.125 e. The Labute approximate surface area is 112 Å². The molecule has 2 nitrogen and oxygen atoms in total. The fourth-order valence-electron chi connectivity index (χ4n) is 2.21. The molecule has 0 aliphatic carbocycles. The number of allylic oxidation sites excluding steroid dienone is 2. The van der Waals surface area contributed by atoms with Crippen molar-refractivity contribution in [1.29, 1.82) is 0 Å². The summed E-state index contributed by atoms with van der Waals surface area (Å²) in [4.78, 5) is 0. The van der Waals surface area contributed by atoms with E-state index in [1.54, 1.807) is 12.5 Å². The van der Waals surface area contributed by atoms with Gasteiger partial charge in [-0.05, 0) is 19.3 Å². The molecule has 0 aromatic rings. The van der Waals surface area contributed by atoms with E-state index in [2.05, 4.69) is 19.2 Å². The highest BCUT2D eigenvalue weighted by atomic mass is 16.5. The van der Waals surface area contributed by atoms with Crippen LogP contribution in [0.2, 0.25) is 0 Å². The monoisotopic (exact) mass is 250 g/mol. The minimum atomic E-state index is 1.05. The van der Waals surface area contributed by atoms with Crippen molar-refractivity contribution in [3.05, 3.63) is 23.9 Å². The van der Waals surface area contributed by atoms with Gasteiger partial charge in [0.1, 0.15) is 12.0 Å². The molecule has 0 bridgehead atoms. The molecule has 0 amide bonds. The van der Waals surface area contributed by atoms with Crippen LogP contribution in [0.5, 0.6) is 0 Å². The second kappa shape index (κ2) is 10.0. The molecule has 0 atom stereocenters. The maximum Gasteiger partial charge on any atom is 0.125 e. The molecule has 0 aromatic carbocycles. The van der Waals surface area contributed by atoms with Crippen molar-refractivity contribution in [3.8, 4) is 0 Å². The molecule has 18 heavy (non-hydrogen) atoms. The van der Waals surface area contributed by atoms with Gasteiger partial charge in [-0.2, -0.15) is 0 Å². The van der Waals surface area contributed by atoms with Gasteiger partial charge >= 0.3 is 0 Å². The van der Waals surface area contributed by atoms with E-state index in [-0.39, 0.29) is 0 Å². The van der Waals surface area contributed by atoms with Crippen LogP contribution in [-0.2, 0) is 4.74 Å². The van der Waals surface area contributed by atoms with Crippen LogP contribution in [0.1, 0.15) is 78.1 Å². The van der Waals surface area contributed by atoms with Gasteiger partial charge in [0.2, 0.25) is 0 Å². The Kier molecular flexibility index (Phi) is 8.45. The third-order valence-corrected chi connectivity index (χ3v) is 3.35. The van der Waals surface area contributed by atoms with Gasteiger partial charge < -0.3 is 4.74 Å². The summed E-state index contributed by atoms with van der Waals surface area (Å²) >= 11 is 0. The van der Waals surface area contributed by atoms with E-state index in [0.717, 1.165) is 18.6 Å². The summed E-state index contributed by atoms with van der Waals surface area (Å²) in [6, 6.07) is 0. The van der Waals surface area contributed by atoms with Crippen LogP contribution in [0.25, 0.3) is 0 Å². The molecule has 0 N–H and O–H groups in total. The first kappa shape index (κ1) is 15.1. The predicted octanol–water partition coefficient (Wildman–Crippen LogP) is 5.24. The largest absolute Gasteiger partial charge is 0.466 e. The van der Waals surface area contributed by atoms with E-state index in [0.29, 0.717) is 0 Å². The predicted molar refractivity (Wildman–Crippen MR) is 76.9 cm³/mol. The standard InChI is InChI=1S/C16H28NO/c1-3-5-7-9-11-15-16(18-14-13-17-15)12-10-8-6-4-2/h13-14H,3-12H2,1-2H3. The molecule has 0 saturated carbocycles. The lowest BCUT2D eigenvalue weighted by Crippen LogP contribution is -2.08. The van der Waals surface area contributed by atoms with Crippen molar-refractivity contribution in [2.45, 2.75) is 78.1 Å². The molecule has 103 valence electrons. The highest BCUT2D eigenvalue weighted by Gasteiger charge is 2.11. The Bertz CT molecular complexity index is 242. The number of unbranched alkanes of at least 4 members (excludes halogenated alkanes) is 6. The first-order valence-corrected chi connectivity index (χ1v) is 7.63. The zero-order chi connectivity index (χ0) is 13.1. The van der Waals surface area contributed by atoms with Crippen molar-refractivity contribution < 1.29 is 4.74 Å². The van der Waals surface area contributed by atoms with Crippen molar-refractivity contribution in [3.63, 3.8) is 0 Å². The summed E-state index contributed by atoms with van der Waals surface area (Å²) in [5, 5.41) is 4.48. The van der Waals surface area contributed by atoms with Gasteiger partial charge in [0.05, 0.1) is 11.9 Å². The summed E-state index contributed by atoms with van der Waals surface area (Å²) < 4.78 is 5.63. The van der Waals surface area contributed by atoms with E-state index >= 15 is 0 Å². The SMILES string of the molecule is CCCCCCC1=C(CCCCCC)OC=C[N]1. The Morgan fingerprint density at radius 1 is 0.889 bits per heavy atom. The zero-order valence-electron chi connectivity index (χ0n) is 12.1. The van der Waals surface area contributed by atoms with E-state index in [1.165, 1.54) is 57.1 Å². The fourth-order valence-corrected chi connectivity index (χ4v) is 2.21. The molecule has 0 spiro atoms. The van der Waals surface area contributed by atoms with Crippen molar-refractivity contribution in [1.82, 2.24) is 5.32 Å². The quantitative estimate of drug-likeness (QED) is 0.486. The lowest BCUT2D eigenvalue weighted by Gasteiger charge is -2.16. The molecule has 0 aromatic heterocycles. The van der Waals surface area contributed by atoms with Gasteiger partial charge in [-0.15, -0.1) is 0 Å². The van der Waals surface area contributed by atoms with Crippen LogP contribution >= 0.6 is 0 Å². The number of nitrogens with zero attached hydrogens (tertiary/aromatic N) is 1. The molecule has 1 radical (unpaired) electrons. The lowest BCUT2D eigenvalue weighted by molar-refractivity contribution is 0.304. The third-order valence-electron chi connectivity index (χ3n) is 3.35. The van der Waals surface area contributed by atoms with E-state index < -0.39 is 0 Å². The van der Waals surface area contributed by atoms with Gasteiger partial charge in [-0.1, -0.05) is 52.4 Å². The average Bonchev–Trinajstić information content (AvgIpc) is 2.41. The topological polar surface area (TPSA) is 23.3 Å². The molecule has 0 fully saturated rings. The normalized spacial score (nSPS) is 14.6. The van der Waals surface area contributed by atoms with E-state index in [4.69, 9.17) is 4.74 Å². The van der Waals surface area contributed by atoms with Gasteiger partial charge in [-0.3, -0.25) is 5.32 Å². The molecule has 0 unspecified atom stereocenters. The van der Waals surface area contributed by atoms with Crippen LogP contribution in [0, 0.1) is 0 Å². The Hall–Kier alpha value is -0.920. The number of ether oxygens (including phenoxy) is 1. The summed E-state index contributed by atoms with van der Waals surface area (Å²) in [6.45, 7) is 4.49. The van der Waals surface area contributed by atoms with Gasteiger partial charge in [0.15, 0.2) is 0 Å². The van der Waals surface area contributed by atoms with Crippen LogP contribution in [-0.4, -0.2) is 0 Å². The first-order valence-electron chi connectivity index (χ1n) is 7.63. The lowest BCUT2D eigenvalue weighted by atomic mass is 10.1. The third kappa shape index (κ3) is 6.13. The minimum Gasteiger partial charge on any atom is -0.466 e. The molecule has 1 aliphatic rings. The Balaban J connectivity index is 2.29. The summed E-state index contributed by atoms with van der Waals surface area (Å²) in [6.07, 6.45) is 15.9. The molecular formula is C16H28NO. The molecule has 1 rings (SSSR count). The van der Waals surface area contributed by atoms with Gasteiger partial charge in [0, 0.05) is 6.42 Å². The molecule has 1 heterocycles. The van der Waals surface area contributed by atoms with Crippen molar-refractivity contribution in [2.24, 2.45) is 0 Å². The van der Waals surface area contributed by atoms with Crippen LogP contribution in [0.3, 0.4) is 0 Å². The number of hydrogen-bond donors (Lipinski definition) is 0. The Morgan fingerprint density at radius 3 is 2.22 bits per heavy atom. The second-order valence-electron chi connectivity index (χ2n) is 5.02. The van der Waals surface area contributed by atoms with E-state index in [1.807, 2.05) is 0 Å². The minimum absolute atomic E-state index is 1.05. The van der Waals surface area contributed by atoms with Crippen LogP contribution in [0.15, 0.2) is 23.9 Å². The van der Waals surface area contributed by atoms with Crippen molar-refractivity contribution >= 4 is 0 Å². The second-order valence-corrected chi connectivity index (χ2v) is 5.02. The maximum absolute atomic E-state index is 5.63. The fraction of sp³-hybridized carbons (Fsp3) is 0.750. The highest BCUT2D eigenvalue weighted by molar-refractivity contribution is 5.13. The van der Waals surface area contributed by atoms with E-state index in [9.17, 15) is 0 Å². The van der Waals surface area contributed by atoms with Gasteiger partial charge in [0.25, 0.3) is 0 Å². The van der Waals surface area contributed by atoms with Crippen LogP contribution < -0.4 is 5.32 Å². The zero-order valence-corrected chi connectivity index (χ0v) is 12.1. The summed E-state index contributed by atoms with van der Waals surface area (Å²) in [5.74, 6) is 1.12. The Morgan fingerprint density at radius 2 is 1.56 bits per heavy atom. The van der Waals surface area contributed by atoms with Crippen molar-refractivity contribution in [2.75, 3.05) is 0 Å². The number of hydrogen-bond acceptors (Lipinski definition) is 1. The summed E-state index contributed by atoms with van der Waals surface area (Å²) in [7, 11) is 0. The van der Waals surface area contributed by atoms with Gasteiger partial charge in [-0.25, -0.2) is 0 Å². The molecular weight excluding hydrogens is 222 g/mol. The average molecular weight is 250 g/mol. The molecule has 2 heteroatoms. The van der Waals surface area contributed by atoms with Crippen LogP contribution in [0.4, 0.5) is 0 Å².